The average Bonchev–Trinajstić information content (AvgIpc) is 3.21. The van der Waals surface area contributed by atoms with Crippen LogP contribution in [-0.4, -0.2) is 16.9 Å². The SMILES string of the molecule is CCCCC/C=C\C/C=C\C/C=C\CCCC(C(=O)O)C(=O)C1(CCC/C=C\C/C=C\C/C=C\CCCCC)/C=C/C=C\C=C\CCCCCCCCCCCC1. The number of allylic oxidation sites excluding steroid dienone is 18. The molecular formula is C54H86O3. The fourth-order valence-corrected chi connectivity index (χ4v) is 7.55. The lowest BCUT2D eigenvalue weighted by molar-refractivity contribution is -0.149. The zero-order valence-corrected chi connectivity index (χ0v) is 36.9. The van der Waals surface area contributed by atoms with E-state index in [1.165, 1.54) is 103 Å². The summed E-state index contributed by atoms with van der Waals surface area (Å²) in [6.07, 6.45) is 71.4. The third-order valence-electron chi connectivity index (χ3n) is 11.1. The molecule has 0 radical (unpaired) electrons. The summed E-state index contributed by atoms with van der Waals surface area (Å²) >= 11 is 0. The van der Waals surface area contributed by atoms with Gasteiger partial charge in [-0.15, -0.1) is 0 Å². The maximum absolute atomic E-state index is 14.6. The van der Waals surface area contributed by atoms with Gasteiger partial charge in [-0.1, -0.05) is 207 Å². The molecule has 0 aromatic carbocycles. The summed E-state index contributed by atoms with van der Waals surface area (Å²) in [5.41, 5.74) is -0.775. The zero-order valence-electron chi connectivity index (χ0n) is 36.9. The minimum Gasteiger partial charge on any atom is -0.481 e. The summed E-state index contributed by atoms with van der Waals surface area (Å²) in [7, 11) is 0. The summed E-state index contributed by atoms with van der Waals surface area (Å²) in [5.74, 6) is -2.05. The maximum atomic E-state index is 14.6. The molecule has 0 bridgehead atoms. The number of hydrogen-bond donors (Lipinski definition) is 1. The molecule has 2 unspecified atom stereocenters. The summed E-state index contributed by atoms with van der Waals surface area (Å²) in [6.45, 7) is 4.48. The van der Waals surface area contributed by atoms with E-state index >= 15 is 0 Å². The van der Waals surface area contributed by atoms with E-state index in [1.807, 2.05) is 12.2 Å². The van der Waals surface area contributed by atoms with Gasteiger partial charge in [0.25, 0.3) is 0 Å². The zero-order chi connectivity index (χ0) is 41.2. The van der Waals surface area contributed by atoms with Crippen molar-refractivity contribution in [3.8, 4) is 0 Å². The highest BCUT2D eigenvalue weighted by Gasteiger charge is 2.41. The Labute approximate surface area is 352 Å². The third kappa shape index (κ3) is 30.5. The molecule has 1 N–H and O–H groups in total. The fourth-order valence-electron chi connectivity index (χ4n) is 7.55. The van der Waals surface area contributed by atoms with Gasteiger partial charge < -0.3 is 5.11 Å². The molecule has 0 amide bonds. The Morgan fingerprint density at radius 1 is 0.526 bits per heavy atom. The lowest BCUT2D eigenvalue weighted by Gasteiger charge is -2.32. The number of carbonyl (C=O) groups excluding carboxylic acids is 1. The van der Waals surface area contributed by atoms with Crippen molar-refractivity contribution in [2.45, 2.75) is 206 Å². The number of aliphatic carboxylic acids is 1. The first kappa shape index (κ1) is 51.8. The number of unbranched alkanes of at least 4 members (excludes halogenated alkanes) is 8. The van der Waals surface area contributed by atoms with Gasteiger partial charge in [0.05, 0.1) is 0 Å². The summed E-state index contributed by atoms with van der Waals surface area (Å²) < 4.78 is 0. The van der Waals surface area contributed by atoms with E-state index in [0.29, 0.717) is 25.7 Å². The predicted octanol–water partition coefficient (Wildman–Crippen LogP) is 17.0. The first-order valence-electron chi connectivity index (χ1n) is 23.8. The Bertz CT molecular complexity index is 1240. The quantitative estimate of drug-likeness (QED) is 0.0513. The van der Waals surface area contributed by atoms with Crippen molar-refractivity contribution in [2.24, 2.45) is 11.3 Å². The molecule has 0 aromatic rings. The van der Waals surface area contributed by atoms with Gasteiger partial charge in [0, 0.05) is 5.41 Å². The van der Waals surface area contributed by atoms with Crippen molar-refractivity contribution in [1.29, 1.82) is 0 Å². The predicted molar refractivity (Wildman–Crippen MR) is 251 cm³/mol. The van der Waals surface area contributed by atoms with E-state index in [0.717, 1.165) is 64.2 Å². The normalized spacial score (nSPS) is 20.7. The van der Waals surface area contributed by atoms with Crippen LogP contribution in [0.2, 0.25) is 0 Å². The molecule has 320 valence electrons. The standard InChI is InChI=1S/C54H86O3/c1-3-5-7-9-11-13-15-17-23-27-31-35-39-43-47-51(53(56)57)52(55)54(48-44-40-36-32-28-24-18-16-14-12-10-8-6-4-2)49-45-41-37-33-29-25-21-19-20-22-26-30-34-38-42-46-50-54/h11-14,17-18,23-24,29,31-33,35-37,41,45,49,51H,3-10,15-16,19-22,25-28,30,34,38-40,42-44,46-48,50H2,1-2H3,(H,56,57)/b13-11-,14-12-,23-17-,24-18-,33-29+,35-31-,36-32-,41-37-,49-45+. The molecule has 3 heteroatoms. The molecule has 0 aromatic heterocycles. The molecule has 0 saturated heterocycles. The molecule has 0 aliphatic heterocycles. The van der Waals surface area contributed by atoms with Crippen molar-refractivity contribution >= 4 is 11.8 Å². The van der Waals surface area contributed by atoms with Crippen LogP contribution in [0, 0.1) is 11.3 Å². The molecular weight excluding hydrogens is 697 g/mol. The minimum atomic E-state index is -0.987. The van der Waals surface area contributed by atoms with Crippen LogP contribution in [0.25, 0.3) is 0 Å². The molecule has 1 aliphatic rings. The molecule has 0 fully saturated rings. The average molecular weight is 783 g/mol. The number of hydrogen-bond acceptors (Lipinski definition) is 2. The van der Waals surface area contributed by atoms with Crippen molar-refractivity contribution in [2.75, 3.05) is 0 Å². The van der Waals surface area contributed by atoms with Gasteiger partial charge in [-0.05, 0) is 109 Å². The van der Waals surface area contributed by atoms with Crippen molar-refractivity contribution in [3.63, 3.8) is 0 Å². The van der Waals surface area contributed by atoms with Crippen LogP contribution in [0.4, 0.5) is 0 Å². The topological polar surface area (TPSA) is 54.4 Å². The van der Waals surface area contributed by atoms with Crippen molar-refractivity contribution in [1.82, 2.24) is 0 Å². The van der Waals surface area contributed by atoms with Crippen LogP contribution in [0.1, 0.15) is 206 Å². The Kier molecular flexibility index (Phi) is 36.0. The smallest absolute Gasteiger partial charge is 0.314 e. The van der Waals surface area contributed by atoms with Gasteiger partial charge in [-0.2, -0.15) is 0 Å². The van der Waals surface area contributed by atoms with Gasteiger partial charge >= 0.3 is 5.97 Å². The van der Waals surface area contributed by atoms with Crippen LogP contribution >= 0.6 is 0 Å². The number of carboxylic acids is 1. The summed E-state index contributed by atoms with van der Waals surface area (Å²) in [5, 5.41) is 10.5. The van der Waals surface area contributed by atoms with Gasteiger partial charge in [0.15, 0.2) is 5.78 Å². The highest BCUT2D eigenvalue weighted by Crippen LogP contribution is 2.38. The number of rotatable bonds is 27. The molecule has 0 heterocycles. The van der Waals surface area contributed by atoms with E-state index in [2.05, 4.69) is 111 Å². The highest BCUT2D eigenvalue weighted by atomic mass is 16.4. The molecule has 0 saturated carbocycles. The highest BCUT2D eigenvalue weighted by molar-refractivity contribution is 6.02. The second kappa shape index (κ2) is 39.6. The second-order valence-electron chi connectivity index (χ2n) is 16.2. The van der Waals surface area contributed by atoms with E-state index < -0.39 is 17.3 Å². The monoisotopic (exact) mass is 783 g/mol. The number of ketones is 1. The second-order valence-corrected chi connectivity index (χ2v) is 16.2. The maximum Gasteiger partial charge on any atom is 0.314 e. The molecule has 3 nitrogen and oxygen atoms in total. The largest absolute Gasteiger partial charge is 0.481 e. The number of carboxylic acid groups (broad SMARTS) is 1. The molecule has 0 spiro atoms. The number of carbonyl (C=O) groups is 2. The van der Waals surface area contributed by atoms with E-state index in [9.17, 15) is 14.7 Å². The van der Waals surface area contributed by atoms with Gasteiger partial charge in [0.2, 0.25) is 0 Å². The molecule has 57 heavy (non-hydrogen) atoms. The van der Waals surface area contributed by atoms with Crippen LogP contribution in [-0.2, 0) is 9.59 Å². The third-order valence-corrected chi connectivity index (χ3v) is 11.1. The Balaban J connectivity index is 2.99. The molecule has 1 aliphatic carbocycles. The lowest BCUT2D eigenvalue weighted by atomic mass is 9.69. The first-order valence-corrected chi connectivity index (χ1v) is 23.8. The van der Waals surface area contributed by atoms with Gasteiger partial charge in [0.1, 0.15) is 5.92 Å². The van der Waals surface area contributed by atoms with Crippen LogP contribution in [0.5, 0.6) is 0 Å². The van der Waals surface area contributed by atoms with Crippen LogP contribution in [0.3, 0.4) is 0 Å². The fraction of sp³-hybridized carbons (Fsp3) is 0.630. The van der Waals surface area contributed by atoms with Crippen LogP contribution in [0.15, 0.2) is 109 Å². The van der Waals surface area contributed by atoms with Crippen molar-refractivity contribution < 1.29 is 14.7 Å². The van der Waals surface area contributed by atoms with E-state index in [-0.39, 0.29) is 5.78 Å². The van der Waals surface area contributed by atoms with Gasteiger partial charge in [-0.3, -0.25) is 9.59 Å². The van der Waals surface area contributed by atoms with Crippen LogP contribution < -0.4 is 0 Å². The lowest BCUT2D eigenvalue weighted by Crippen LogP contribution is -2.38. The van der Waals surface area contributed by atoms with Gasteiger partial charge in [-0.25, -0.2) is 0 Å². The Morgan fingerprint density at radius 2 is 0.965 bits per heavy atom. The molecule has 1 rings (SSSR count). The summed E-state index contributed by atoms with van der Waals surface area (Å²) in [4.78, 5) is 27.4. The van der Waals surface area contributed by atoms with Crippen molar-refractivity contribution in [3.05, 3.63) is 109 Å². The Hall–Kier alpha value is -3.20. The van der Waals surface area contributed by atoms with E-state index in [1.54, 1.807) is 0 Å². The number of Topliss-reactive ketones (excluding diaryl/α,β-unsaturated/α-hetero) is 1. The van der Waals surface area contributed by atoms with E-state index in [4.69, 9.17) is 0 Å². The summed E-state index contributed by atoms with van der Waals surface area (Å²) in [6, 6.07) is 0. The molecule has 2 atom stereocenters. The minimum absolute atomic E-state index is 0.0922. The Morgan fingerprint density at radius 3 is 1.47 bits per heavy atom. The first-order chi connectivity index (χ1) is 28.1.